The largest absolute Gasteiger partial charge is 0.507 e. The van der Waals surface area contributed by atoms with Gasteiger partial charge in [-0.2, -0.15) is 0 Å². The highest BCUT2D eigenvalue weighted by Crippen LogP contribution is 2.35. The van der Waals surface area contributed by atoms with Crippen molar-refractivity contribution in [3.8, 4) is 29.4 Å². The fourth-order valence-electron chi connectivity index (χ4n) is 4.05. The van der Waals surface area contributed by atoms with E-state index in [9.17, 15) is 13.5 Å². The molecule has 1 aliphatic heterocycles. The molecular formula is C23H24N4O3S. The minimum absolute atomic E-state index is 0.0549. The van der Waals surface area contributed by atoms with Crippen LogP contribution in [0.4, 0.5) is 5.82 Å². The predicted molar refractivity (Wildman–Crippen MR) is 123 cm³/mol. The van der Waals surface area contributed by atoms with Gasteiger partial charge < -0.3 is 10.4 Å². The normalized spacial score (nSPS) is 17.4. The monoisotopic (exact) mass is 436 g/mol. The molecule has 1 aromatic heterocycles. The third-order valence-electron chi connectivity index (χ3n) is 5.37. The van der Waals surface area contributed by atoms with E-state index >= 15 is 0 Å². The molecule has 1 saturated heterocycles. The number of nitrogens with zero attached hydrogens (tertiary/aromatic N) is 3. The summed E-state index contributed by atoms with van der Waals surface area (Å²) in [5.74, 6) is 3.27. The van der Waals surface area contributed by atoms with Crippen LogP contribution in [0.3, 0.4) is 0 Å². The quantitative estimate of drug-likeness (QED) is 0.594. The van der Waals surface area contributed by atoms with E-state index in [1.54, 1.807) is 12.1 Å². The lowest BCUT2D eigenvalue weighted by molar-refractivity contribution is 0.246. The summed E-state index contributed by atoms with van der Waals surface area (Å²) in [5, 5.41) is 24.5. The maximum atomic E-state index is 11.7. The van der Waals surface area contributed by atoms with Crippen molar-refractivity contribution in [1.29, 1.82) is 0 Å². The second kappa shape index (κ2) is 8.53. The Morgan fingerprint density at radius 1 is 1.23 bits per heavy atom. The minimum atomic E-state index is -3.07. The van der Waals surface area contributed by atoms with Gasteiger partial charge in [-0.3, -0.25) is 4.90 Å². The summed E-state index contributed by atoms with van der Waals surface area (Å²) in [7, 11) is -3.07. The number of aromatic nitrogens is 2. The molecule has 0 bridgehead atoms. The molecule has 1 fully saturated rings. The van der Waals surface area contributed by atoms with Crippen molar-refractivity contribution in [2.45, 2.75) is 18.9 Å². The molecule has 0 aliphatic carbocycles. The highest BCUT2D eigenvalue weighted by molar-refractivity contribution is 7.90. The molecule has 2 heterocycles. The number of fused-ring (bicyclic) bond motifs is 1. The van der Waals surface area contributed by atoms with Crippen LogP contribution >= 0.6 is 0 Å². The van der Waals surface area contributed by atoms with E-state index < -0.39 is 9.84 Å². The molecule has 8 heteroatoms. The van der Waals surface area contributed by atoms with Crippen LogP contribution in [0.1, 0.15) is 18.4 Å². The van der Waals surface area contributed by atoms with Crippen molar-refractivity contribution in [2.24, 2.45) is 0 Å². The number of terminal acetylenes is 1. The van der Waals surface area contributed by atoms with Gasteiger partial charge in [0.05, 0.1) is 0 Å². The van der Waals surface area contributed by atoms with Gasteiger partial charge in [0, 0.05) is 40.7 Å². The van der Waals surface area contributed by atoms with Crippen LogP contribution in [0.5, 0.6) is 5.75 Å². The summed E-state index contributed by atoms with van der Waals surface area (Å²) in [6.45, 7) is 1.39. The van der Waals surface area contributed by atoms with Gasteiger partial charge in [-0.1, -0.05) is 30.2 Å². The number of likely N-dealkylation sites (tertiary alicyclic amines) is 1. The van der Waals surface area contributed by atoms with Crippen molar-refractivity contribution >= 4 is 26.4 Å². The Kier molecular flexibility index (Phi) is 5.81. The number of hydrogen-bond acceptors (Lipinski definition) is 7. The zero-order valence-electron chi connectivity index (χ0n) is 17.2. The number of hydrogen-bond donors (Lipinski definition) is 2. The number of aromatic hydroxyl groups is 1. The molecule has 0 radical (unpaired) electrons. The van der Waals surface area contributed by atoms with E-state index in [4.69, 9.17) is 6.42 Å². The zero-order chi connectivity index (χ0) is 22.0. The highest BCUT2D eigenvalue weighted by Gasteiger charge is 2.23. The molecule has 4 rings (SSSR count). The molecule has 2 N–H and O–H groups in total. The Morgan fingerprint density at radius 3 is 2.71 bits per heavy atom. The number of phenolic OH excluding ortho intramolecular Hbond substituents is 1. The average molecular weight is 437 g/mol. The average Bonchev–Trinajstić information content (AvgIpc) is 2.73. The molecule has 7 nitrogen and oxygen atoms in total. The Balaban J connectivity index is 1.65. The SMILES string of the molecule is C#Cc1ccc(-c2nnc(NC3CCCN(CS(C)(=O)=O)C3)c3ccccc23)c(O)c1. The van der Waals surface area contributed by atoms with Crippen LogP contribution in [-0.2, 0) is 9.84 Å². The topological polar surface area (TPSA) is 95.4 Å². The predicted octanol–water partition coefficient (Wildman–Crippen LogP) is 2.86. The third kappa shape index (κ3) is 4.79. The molecule has 1 aliphatic rings. The molecule has 0 saturated carbocycles. The van der Waals surface area contributed by atoms with Crippen LogP contribution in [0, 0.1) is 12.3 Å². The van der Waals surface area contributed by atoms with Crippen LogP contribution < -0.4 is 5.32 Å². The number of anilines is 1. The fraction of sp³-hybridized carbons (Fsp3) is 0.304. The molecule has 0 amide bonds. The molecule has 31 heavy (non-hydrogen) atoms. The Morgan fingerprint density at radius 2 is 2.00 bits per heavy atom. The summed E-state index contributed by atoms with van der Waals surface area (Å²) in [5.41, 5.74) is 1.73. The van der Waals surface area contributed by atoms with Crippen LogP contribution in [0.25, 0.3) is 22.0 Å². The van der Waals surface area contributed by atoms with Crippen molar-refractivity contribution in [3.05, 3.63) is 48.0 Å². The molecular weight excluding hydrogens is 412 g/mol. The summed E-state index contributed by atoms with van der Waals surface area (Å²) in [6.07, 6.45) is 8.51. The Labute approximate surface area is 182 Å². The van der Waals surface area contributed by atoms with Crippen molar-refractivity contribution in [1.82, 2.24) is 15.1 Å². The van der Waals surface area contributed by atoms with Crippen molar-refractivity contribution < 1.29 is 13.5 Å². The Bertz CT molecular complexity index is 1270. The summed E-state index contributed by atoms with van der Waals surface area (Å²) >= 11 is 0. The molecule has 1 atom stereocenters. The van der Waals surface area contributed by atoms with Gasteiger partial charge in [0.2, 0.25) is 0 Å². The zero-order valence-corrected chi connectivity index (χ0v) is 18.1. The third-order valence-corrected chi connectivity index (χ3v) is 6.20. The minimum Gasteiger partial charge on any atom is -0.507 e. The van der Waals surface area contributed by atoms with Gasteiger partial charge in [-0.05, 0) is 37.6 Å². The number of sulfone groups is 1. The maximum Gasteiger partial charge on any atom is 0.160 e. The van der Waals surface area contributed by atoms with Crippen LogP contribution in [0.15, 0.2) is 42.5 Å². The number of piperidine rings is 1. The van der Waals surface area contributed by atoms with Gasteiger partial charge in [0.15, 0.2) is 15.7 Å². The summed E-state index contributed by atoms with van der Waals surface area (Å²) < 4.78 is 23.3. The van der Waals surface area contributed by atoms with Crippen LogP contribution in [0.2, 0.25) is 0 Å². The smallest absolute Gasteiger partial charge is 0.160 e. The first-order chi connectivity index (χ1) is 14.8. The van der Waals surface area contributed by atoms with E-state index in [0.717, 1.165) is 30.2 Å². The van der Waals surface area contributed by atoms with E-state index in [1.807, 2.05) is 29.2 Å². The molecule has 0 spiro atoms. The van der Waals surface area contributed by atoms with Crippen molar-refractivity contribution in [3.63, 3.8) is 0 Å². The van der Waals surface area contributed by atoms with Gasteiger partial charge in [-0.25, -0.2) is 8.42 Å². The number of nitrogens with one attached hydrogen (secondary N) is 1. The fourth-order valence-corrected chi connectivity index (χ4v) is 4.94. The summed E-state index contributed by atoms with van der Waals surface area (Å²) in [6, 6.07) is 12.9. The summed E-state index contributed by atoms with van der Waals surface area (Å²) in [4.78, 5) is 1.95. The molecule has 1 unspecified atom stereocenters. The van der Waals surface area contributed by atoms with Gasteiger partial charge in [0.1, 0.15) is 17.3 Å². The number of benzene rings is 2. The molecule has 160 valence electrons. The van der Waals surface area contributed by atoms with E-state index in [2.05, 4.69) is 21.4 Å². The van der Waals surface area contributed by atoms with E-state index in [1.165, 1.54) is 12.3 Å². The lowest BCUT2D eigenvalue weighted by Gasteiger charge is -2.32. The molecule has 2 aromatic carbocycles. The lowest BCUT2D eigenvalue weighted by atomic mass is 10.0. The van der Waals surface area contributed by atoms with Gasteiger partial charge in [-0.15, -0.1) is 16.6 Å². The van der Waals surface area contributed by atoms with Crippen molar-refractivity contribution in [2.75, 3.05) is 30.5 Å². The lowest BCUT2D eigenvalue weighted by Crippen LogP contribution is -2.44. The maximum absolute atomic E-state index is 11.7. The number of phenols is 1. The molecule has 3 aromatic rings. The number of rotatable bonds is 5. The second-order valence-corrected chi connectivity index (χ2v) is 10.0. The first-order valence-corrected chi connectivity index (χ1v) is 12.1. The van der Waals surface area contributed by atoms with Gasteiger partial charge in [0.25, 0.3) is 0 Å². The van der Waals surface area contributed by atoms with E-state index in [0.29, 0.717) is 29.2 Å². The first kappa shape index (κ1) is 21.1. The van der Waals surface area contributed by atoms with Gasteiger partial charge >= 0.3 is 0 Å². The highest BCUT2D eigenvalue weighted by atomic mass is 32.2. The second-order valence-electron chi connectivity index (χ2n) is 7.93. The first-order valence-electron chi connectivity index (χ1n) is 10.1. The van der Waals surface area contributed by atoms with Crippen LogP contribution in [-0.4, -0.2) is 59.9 Å². The standard InChI is InChI=1S/C23H24N4O3S/c1-3-16-10-11-20(21(28)13-16)22-18-8-4-5-9-19(18)23(26-25-22)24-17-7-6-12-27(14-17)15-31(2,29)30/h1,4-5,8-11,13,17,28H,6-7,12,14-15H2,2H3,(H,24,26). The Hall–Kier alpha value is -3.15. The van der Waals surface area contributed by atoms with E-state index in [-0.39, 0.29) is 17.7 Å².